The smallest absolute Gasteiger partial charge is 0.0514 e. The van der Waals surface area contributed by atoms with Gasteiger partial charge in [-0.2, -0.15) is 0 Å². The van der Waals surface area contributed by atoms with Gasteiger partial charge in [0, 0.05) is 21.6 Å². The van der Waals surface area contributed by atoms with Crippen LogP contribution in [0.2, 0.25) is 10.0 Å². The second-order valence-corrected chi connectivity index (χ2v) is 5.24. The minimum Gasteiger partial charge on any atom is -0.354 e. The van der Waals surface area contributed by atoms with Crippen molar-refractivity contribution in [3.8, 4) is 11.3 Å². The fraction of sp³-hybridized carbons (Fsp3) is 0.0667. The summed E-state index contributed by atoms with van der Waals surface area (Å²) in [6.45, 7) is 2.08. The SMILES string of the molecule is Cc1cccc(-c2cc3c(Cl)cc(Cl)cc3[nH]2)c1. The Bertz CT molecular complexity index is 728. The first-order valence-corrected chi connectivity index (χ1v) is 6.44. The number of hydrogen-bond donors (Lipinski definition) is 1. The monoisotopic (exact) mass is 275 g/mol. The molecule has 90 valence electrons. The van der Waals surface area contributed by atoms with Crippen molar-refractivity contribution < 1.29 is 0 Å². The van der Waals surface area contributed by atoms with Gasteiger partial charge in [-0.1, -0.05) is 47.0 Å². The number of rotatable bonds is 1. The van der Waals surface area contributed by atoms with Crippen LogP contribution in [-0.2, 0) is 0 Å². The molecule has 0 fully saturated rings. The van der Waals surface area contributed by atoms with Gasteiger partial charge in [0.15, 0.2) is 0 Å². The van der Waals surface area contributed by atoms with Gasteiger partial charge < -0.3 is 4.98 Å². The summed E-state index contributed by atoms with van der Waals surface area (Å²) in [4.78, 5) is 3.35. The predicted molar refractivity (Wildman–Crippen MR) is 78.5 cm³/mol. The molecule has 0 aliphatic carbocycles. The zero-order valence-corrected chi connectivity index (χ0v) is 11.3. The first-order valence-electron chi connectivity index (χ1n) is 5.68. The number of aryl methyl sites for hydroxylation is 1. The van der Waals surface area contributed by atoms with Crippen molar-refractivity contribution in [2.75, 3.05) is 0 Å². The molecule has 18 heavy (non-hydrogen) atoms. The van der Waals surface area contributed by atoms with E-state index in [2.05, 4.69) is 36.2 Å². The van der Waals surface area contributed by atoms with E-state index in [1.165, 1.54) is 5.56 Å². The van der Waals surface area contributed by atoms with Crippen molar-refractivity contribution in [2.24, 2.45) is 0 Å². The Balaban J connectivity index is 2.22. The molecular weight excluding hydrogens is 265 g/mol. The van der Waals surface area contributed by atoms with Gasteiger partial charge >= 0.3 is 0 Å². The minimum absolute atomic E-state index is 0.644. The zero-order valence-electron chi connectivity index (χ0n) is 9.80. The molecule has 1 N–H and O–H groups in total. The van der Waals surface area contributed by atoms with E-state index >= 15 is 0 Å². The van der Waals surface area contributed by atoms with Gasteiger partial charge in [-0.15, -0.1) is 0 Å². The molecule has 0 unspecified atom stereocenters. The highest BCUT2D eigenvalue weighted by molar-refractivity contribution is 6.38. The van der Waals surface area contributed by atoms with E-state index in [4.69, 9.17) is 23.2 Å². The second kappa shape index (κ2) is 4.34. The molecule has 3 rings (SSSR count). The van der Waals surface area contributed by atoms with Gasteiger partial charge in [0.1, 0.15) is 0 Å². The molecule has 0 saturated heterocycles. The van der Waals surface area contributed by atoms with Crippen molar-refractivity contribution in [2.45, 2.75) is 6.92 Å². The molecule has 0 spiro atoms. The molecule has 0 amide bonds. The fourth-order valence-electron chi connectivity index (χ4n) is 2.13. The molecule has 0 radical (unpaired) electrons. The van der Waals surface area contributed by atoms with Crippen LogP contribution in [0.3, 0.4) is 0 Å². The Morgan fingerprint density at radius 2 is 1.83 bits per heavy atom. The number of aromatic nitrogens is 1. The van der Waals surface area contributed by atoms with Crippen molar-refractivity contribution >= 4 is 34.1 Å². The molecule has 0 saturated carbocycles. The molecule has 0 atom stereocenters. The van der Waals surface area contributed by atoms with Crippen LogP contribution in [0.4, 0.5) is 0 Å². The van der Waals surface area contributed by atoms with Gasteiger partial charge in [-0.25, -0.2) is 0 Å². The van der Waals surface area contributed by atoms with Crippen LogP contribution in [-0.4, -0.2) is 4.98 Å². The summed E-state index contributed by atoms with van der Waals surface area (Å²) in [6, 6.07) is 14.1. The van der Waals surface area contributed by atoms with Crippen LogP contribution in [0.1, 0.15) is 5.56 Å². The Hall–Kier alpha value is -1.44. The molecule has 3 aromatic rings. The fourth-order valence-corrected chi connectivity index (χ4v) is 2.68. The van der Waals surface area contributed by atoms with E-state index in [1.54, 1.807) is 6.07 Å². The quantitative estimate of drug-likeness (QED) is 0.608. The molecule has 0 aliphatic rings. The van der Waals surface area contributed by atoms with Crippen LogP contribution in [0, 0.1) is 6.92 Å². The van der Waals surface area contributed by atoms with E-state index in [9.17, 15) is 0 Å². The highest BCUT2D eigenvalue weighted by atomic mass is 35.5. The molecular formula is C15H11Cl2N. The minimum atomic E-state index is 0.644. The Kier molecular flexibility index (Phi) is 2.81. The molecule has 0 bridgehead atoms. The first-order chi connectivity index (χ1) is 8.63. The summed E-state index contributed by atoms with van der Waals surface area (Å²) in [7, 11) is 0. The van der Waals surface area contributed by atoms with Gasteiger partial charge in [0.2, 0.25) is 0 Å². The normalized spacial score (nSPS) is 11.1. The molecule has 1 aromatic heterocycles. The van der Waals surface area contributed by atoms with Crippen molar-refractivity contribution in [3.63, 3.8) is 0 Å². The Labute approximate surface area is 115 Å². The number of aromatic amines is 1. The summed E-state index contributed by atoms with van der Waals surface area (Å²) in [5.74, 6) is 0. The van der Waals surface area contributed by atoms with E-state index in [0.717, 1.165) is 22.2 Å². The van der Waals surface area contributed by atoms with Crippen molar-refractivity contribution in [1.29, 1.82) is 0 Å². The molecule has 2 aromatic carbocycles. The van der Waals surface area contributed by atoms with E-state index in [1.807, 2.05) is 12.1 Å². The maximum Gasteiger partial charge on any atom is 0.0514 e. The van der Waals surface area contributed by atoms with Crippen LogP contribution in [0.25, 0.3) is 22.2 Å². The third-order valence-electron chi connectivity index (χ3n) is 2.98. The summed E-state index contributed by atoms with van der Waals surface area (Å²) in [5, 5.41) is 2.32. The predicted octanol–water partition coefficient (Wildman–Crippen LogP) is 5.45. The van der Waals surface area contributed by atoms with Gasteiger partial charge in [-0.3, -0.25) is 0 Å². The Morgan fingerprint density at radius 3 is 2.61 bits per heavy atom. The van der Waals surface area contributed by atoms with Crippen LogP contribution >= 0.6 is 23.2 Å². The van der Waals surface area contributed by atoms with Crippen molar-refractivity contribution in [3.05, 3.63) is 58.1 Å². The average molecular weight is 276 g/mol. The molecule has 1 heterocycles. The maximum absolute atomic E-state index is 6.19. The lowest BCUT2D eigenvalue weighted by atomic mass is 10.1. The summed E-state index contributed by atoms with van der Waals surface area (Å²) in [6.07, 6.45) is 0. The number of hydrogen-bond acceptors (Lipinski definition) is 0. The largest absolute Gasteiger partial charge is 0.354 e. The summed E-state index contributed by atoms with van der Waals surface area (Å²) < 4.78 is 0. The van der Waals surface area contributed by atoms with Crippen LogP contribution < -0.4 is 0 Å². The van der Waals surface area contributed by atoms with E-state index in [0.29, 0.717) is 10.0 Å². The summed E-state index contributed by atoms with van der Waals surface area (Å²) >= 11 is 12.2. The lowest BCUT2D eigenvalue weighted by Crippen LogP contribution is -1.78. The van der Waals surface area contributed by atoms with E-state index < -0.39 is 0 Å². The van der Waals surface area contributed by atoms with Crippen LogP contribution in [0.15, 0.2) is 42.5 Å². The number of H-pyrrole nitrogens is 1. The number of fused-ring (bicyclic) bond motifs is 1. The van der Waals surface area contributed by atoms with Crippen molar-refractivity contribution in [1.82, 2.24) is 4.98 Å². The number of nitrogens with one attached hydrogen (secondary N) is 1. The zero-order chi connectivity index (χ0) is 12.7. The maximum atomic E-state index is 6.19. The highest BCUT2D eigenvalue weighted by Crippen LogP contribution is 2.31. The average Bonchev–Trinajstić information content (AvgIpc) is 2.73. The molecule has 0 aliphatic heterocycles. The Morgan fingerprint density at radius 1 is 1.00 bits per heavy atom. The number of halogens is 2. The molecule has 3 heteroatoms. The topological polar surface area (TPSA) is 15.8 Å². The molecule has 1 nitrogen and oxygen atoms in total. The summed E-state index contributed by atoms with van der Waals surface area (Å²) in [5.41, 5.74) is 4.40. The first kappa shape index (κ1) is 11.6. The van der Waals surface area contributed by atoms with Gasteiger partial charge in [0.05, 0.1) is 5.02 Å². The van der Waals surface area contributed by atoms with Gasteiger partial charge in [0.25, 0.3) is 0 Å². The third kappa shape index (κ3) is 2.00. The van der Waals surface area contributed by atoms with E-state index in [-0.39, 0.29) is 0 Å². The van der Waals surface area contributed by atoms with Crippen LogP contribution in [0.5, 0.6) is 0 Å². The number of benzene rings is 2. The van der Waals surface area contributed by atoms with Gasteiger partial charge in [-0.05, 0) is 36.8 Å². The third-order valence-corrected chi connectivity index (χ3v) is 3.51. The highest BCUT2D eigenvalue weighted by Gasteiger charge is 2.07. The second-order valence-electron chi connectivity index (χ2n) is 4.40. The lowest BCUT2D eigenvalue weighted by molar-refractivity contribution is 1.41. The lowest BCUT2D eigenvalue weighted by Gasteiger charge is -1.98. The standard InChI is InChI=1S/C15H11Cl2N/c1-9-3-2-4-10(5-9)14-8-12-13(17)6-11(16)7-15(12)18-14/h2-8,18H,1H3.